The van der Waals surface area contributed by atoms with Crippen molar-refractivity contribution in [2.24, 2.45) is 11.8 Å². The second kappa shape index (κ2) is 6.09. The van der Waals surface area contributed by atoms with Gasteiger partial charge in [-0.25, -0.2) is 0 Å². The van der Waals surface area contributed by atoms with E-state index in [1.165, 1.54) is 18.4 Å². The van der Waals surface area contributed by atoms with E-state index in [9.17, 15) is 4.79 Å². The maximum Gasteiger partial charge on any atom is 0.241 e. The minimum Gasteiger partial charge on any atom is -0.318 e. The Balaban J connectivity index is 1.88. The Labute approximate surface area is 131 Å². The molecule has 0 spiro atoms. The van der Waals surface area contributed by atoms with Crippen LogP contribution >= 0.6 is 11.3 Å². The monoisotopic (exact) mass is 306 g/mol. The van der Waals surface area contributed by atoms with Crippen LogP contribution in [0.25, 0.3) is 0 Å². The van der Waals surface area contributed by atoms with Gasteiger partial charge in [-0.15, -0.1) is 0 Å². The van der Waals surface area contributed by atoms with E-state index in [4.69, 9.17) is 0 Å². The van der Waals surface area contributed by atoms with Gasteiger partial charge in [0.25, 0.3) is 0 Å². The predicted molar refractivity (Wildman–Crippen MR) is 87.1 cm³/mol. The summed E-state index contributed by atoms with van der Waals surface area (Å²) < 4.78 is 0. The minimum absolute atomic E-state index is 0.0113. The van der Waals surface area contributed by atoms with Crippen LogP contribution in [0.4, 0.5) is 0 Å². The summed E-state index contributed by atoms with van der Waals surface area (Å²) in [7, 11) is 0. The standard InChI is InChI=1S/C17H26N2OS/c1-4-12-6-7-15(11(12)3)19-16(13-8-9-21-10-13)18-14(5-2)17(19)20/h8-12,14-16,18H,4-7H2,1-3H3. The zero-order chi connectivity index (χ0) is 15.0. The lowest BCUT2D eigenvalue weighted by Crippen LogP contribution is -2.42. The van der Waals surface area contributed by atoms with Crippen LogP contribution in [0.5, 0.6) is 0 Å². The summed E-state index contributed by atoms with van der Waals surface area (Å²) in [6.07, 6.45) is 4.60. The molecule has 5 atom stereocenters. The van der Waals surface area contributed by atoms with Crippen molar-refractivity contribution in [2.45, 2.75) is 64.7 Å². The smallest absolute Gasteiger partial charge is 0.241 e. The Kier molecular flexibility index (Phi) is 4.36. The fourth-order valence-electron chi connectivity index (χ4n) is 4.18. The molecule has 1 aliphatic heterocycles. The highest BCUT2D eigenvalue weighted by Crippen LogP contribution is 2.42. The highest BCUT2D eigenvalue weighted by atomic mass is 32.1. The van der Waals surface area contributed by atoms with Gasteiger partial charge >= 0.3 is 0 Å². The maximum absolute atomic E-state index is 12.8. The van der Waals surface area contributed by atoms with Crippen LogP contribution in [0, 0.1) is 11.8 Å². The van der Waals surface area contributed by atoms with E-state index in [2.05, 4.69) is 47.8 Å². The van der Waals surface area contributed by atoms with Crippen molar-refractivity contribution in [2.75, 3.05) is 0 Å². The SMILES string of the molecule is CCC1NC(c2ccsc2)N(C2CCC(CC)C2C)C1=O. The molecule has 2 heterocycles. The molecular weight excluding hydrogens is 280 g/mol. The second-order valence-corrected chi connectivity index (χ2v) is 7.28. The molecule has 1 aliphatic carbocycles. The molecule has 0 radical (unpaired) electrons. The summed E-state index contributed by atoms with van der Waals surface area (Å²) in [5, 5.41) is 7.83. The molecule has 0 aromatic carbocycles. The molecule has 1 amide bonds. The number of carbonyl (C=O) groups is 1. The van der Waals surface area contributed by atoms with Gasteiger partial charge in [-0.2, -0.15) is 11.3 Å². The van der Waals surface area contributed by atoms with Gasteiger partial charge in [0.2, 0.25) is 5.91 Å². The number of nitrogens with zero attached hydrogens (tertiary/aromatic N) is 1. The van der Waals surface area contributed by atoms with E-state index >= 15 is 0 Å². The van der Waals surface area contributed by atoms with Gasteiger partial charge in [-0.05, 0) is 53.5 Å². The molecule has 116 valence electrons. The summed E-state index contributed by atoms with van der Waals surface area (Å²) in [6.45, 7) is 6.71. The fraction of sp³-hybridized carbons (Fsp3) is 0.706. The van der Waals surface area contributed by atoms with Gasteiger partial charge in [0.05, 0.1) is 6.04 Å². The van der Waals surface area contributed by atoms with Gasteiger partial charge < -0.3 is 4.90 Å². The Morgan fingerprint density at radius 1 is 1.33 bits per heavy atom. The lowest BCUT2D eigenvalue weighted by atomic mass is 9.92. The lowest BCUT2D eigenvalue weighted by molar-refractivity contribution is -0.133. The first-order valence-corrected chi connectivity index (χ1v) is 9.21. The maximum atomic E-state index is 12.8. The van der Waals surface area contributed by atoms with E-state index in [1.54, 1.807) is 11.3 Å². The molecule has 4 heteroatoms. The van der Waals surface area contributed by atoms with Crippen molar-refractivity contribution in [3.8, 4) is 0 Å². The number of thiophene rings is 1. The van der Waals surface area contributed by atoms with Gasteiger partial charge in [-0.3, -0.25) is 10.1 Å². The third-order valence-electron chi connectivity index (χ3n) is 5.52. The van der Waals surface area contributed by atoms with Gasteiger partial charge in [0.15, 0.2) is 0 Å². The van der Waals surface area contributed by atoms with Crippen LogP contribution in [-0.2, 0) is 4.79 Å². The van der Waals surface area contributed by atoms with Gasteiger partial charge in [0, 0.05) is 6.04 Å². The number of nitrogens with one attached hydrogen (secondary N) is 1. The lowest BCUT2D eigenvalue weighted by Gasteiger charge is -2.33. The van der Waals surface area contributed by atoms with Crippen molar-refractivity contribution < 1.29 is 4.79 Å². The minimum atomic E-state index is -0.0113. The largest absolute Gasteiger partial charge is 0.318 e. The zero-order valence-corrected chi connectivity index (χ0v) is 14.0. The van der Waals surface area contributed by atoms with Crippen molar-refractivity contribution in [3.63, 3.8) is 0 Å². The summed E-state index contributed by atoms with van der Waals surface area (Å²) in [5.74, 6) is 1.69. The van der Waals surface area contributed by atoms with Crippen molar-refractivity contribution in [1.29, 1.82) is 0 Å². The molecule has 1 aromatic rings. The number of hydrogen-bond donors (Lipinski definition) is 1. The third kappa shape index (κ3) is 2.53. The summed E-state index contributed by atoms with van der Waals surface area (Å²) in [5.41, 5.74) is 1.25. The average Bonchev–Trinajstić information content (AvgIpc) is 3.18. The van der Waals surface area contributed by atoms with Crippen molar-refractivity contribution in [1.82, 2.24) is 10.2 Å². The molecule has 3 nitrogen and oxygen atoms in total. The second-order valence-electron chi connectivity index (χ2n) is 6.50. The third-order valence-corrected chi connectivity index (χ3v) is 6.22. The van der Waals surface area contributed by atoms with Crippen LogP contribution in [0.3, 0.4) is 0 Å². The van der Waals surface area contributed by atoms with E-state index < -0.39 is 0 Å². The Bertz CT molecular complexity index is 487. The van der Waals surface area contributed by atoms with Crippen molar-refractivity contribution >= 4 is 17.2 Å². The summed E-state index contributed by atoms with van der Waals surface area (Å²) in [4.78, 5) is 15.0. The molecular formula is C17H26N2OS. The van der Waals surface area contributed by atoms with Gasteiger partial charge in [0.1, 0.15) is 6.17 Å². The predicted octanol–water partition coefficient (Wildman–Crippen LogP) is 3.78. The van der Waals surface area contributed by atoms with E-state index in [0.29, 0.717) is 17.9 Å². The van der Waals surface area contributed by atoms with Crippen LogP contribution in [0.2, 0.25) is 0 Å². The average molecular weight is 306 g/mol. The Morgan fingerprint density at radius 2 is 2.14 bits per heavy atom. The molecule has 2 aliphatic rings. The van der Waals surface area contributed by atoms with Gasteiger partial charge in [-0.1, -0.05) is 27.2 Å². The molecule has 5 unspecified atom stereocenters. The molecule has 1 N–H and O–H groups in total. The first kappa shape index (κ1) is 15.0. The number of carbonyl (C=O) groups excluding carboxylic acids is 1. The normalized spacial score (nSPS) is 36.6. The molecule has 1 aromatic heterocycles. The van der Waals surface area contributed by atoms with Crippen molar-refractivity contribution in [3.05, 3.63) is 22.4 Å². The molecule has 1 saturated carbocycles. The zero-order valence-electron chi connectivity index (χ0n) is 13.2. The first-order valence-electron chi connectivity index (χ1n) is 8.27. The Morgan fingerprint density at radius 3 is 2.71 bits per heavy atom. The fourth-order valence-corrected chi connectivity index (χ4v) is 4.86. The Hall–Kier alpha value is -0.870. The molecule has 0 bridgehead atoms. The molecule has 3 rings (SSSR count). The number of hydrogen-bond acceptors (Lipinski definition) is 3. The van der Waals surface area contributed by atoms with Crippen LogP contribution in [0.1, 0.15) is 58.2 Å². The highest BCUT2D eigenvalue weighted by molar-refractivity contribution is 7.07. The van der Waals surface area contributed by atoms with Crippen LogP contribution in [-0.4, -0.2) is 22.9 Å². The van der Waals surface area contributed by atoms with Crippen LogP contribution in [0.15, 0.2) is 16.8 Å². The quantitative estimate of drug-likeness (QED) is 0.918. The van der Waals surface area contributed by atoms with E-state index in [-0.39, 0.29) is 12.2 Å². The summed E-state index contributed by atoms with van der Waals surface area (Å²) in [6, 6.07) is 2.54. The number of rotatable bonds is 4. The van der Waals surface area contributed by atoms with E-state index in [1.807, 2.05) is 0 Å². The molecule has 2 fully saturated rings. The first-order chi connectivity index (χ1) is 10.2. The topological polar surface area (TPSA) is 32.3 Å². The number of amides is 1. The summed E-state index contributed by atoms with van der Waals surface area (Å²) >= 11 is 1.71. The van der Waals surface area contributed by atoms with E-state index in [0.717, 1.165) is 18.8 Å². The van der Waals surface area contributed by atoms with Crippen LogP contribution < -0.4 is 5.32 Å². The highest BCUT2D eigenvalue weighted by Gasteiger charge is 2.46. The molecule has 1 saturated heterocycles. The molecule has 21 heavy (non-hydrogen) atoms.